The van der Waals surface area contributed by atoms with E-state index in [0.29, 0.717) is 11.6 Å². The van der Waals surface area contributed by atoms with E-state index >= 15 is 0 Å². The van der Waals surface area contributed by atoms with Crippen molar-refractivity contribution in [2.45, 2.75) is 78.3 Å². The zero-order valence-electron chi connectivity index (χ0n) is 13.0. The van der Waals surface area contributed by atoms with Crippen LogP contribution in [0.1, 0.15) is 66.7 Å². The van der Waals surface area contributed by atoms with Crippen LogP contribution in [0, 0.1) is 0 Å². The highest BCUT2D eigenvalue weighted by Gasteiger charge is 2.20. The van der Waals surface area contributed by atoms with E-state index < -0.39 is 0 Å². The van der Waals surface area contributed by atoms with E-state index in [9.17, 15) is 0 Å². The molecular formula is C15H34N2. The average molecular weight is 242 g/mol. The molecule has 1 unspecified atom stereocenters. The van der Waals surface area contributed by atoms with E-state index in [1.165, 1.54) is 38.6 Å². The highest BCUT2D eigenvalue weighted by Crippen LogP contribution is 2.17. The molecule has 1 N–H and O–H groups in total. The van der Waals surface area contributed by atoms with E-state index in [2.05, 4.69) is 51.9 Å². The second kappa shape index (κ2) is 8.93. The lowest BCUT2D eigenvalue weighted by Crippen LogP contribution is -2.41. The molecule has 0 heterocycles. The molecule has 0 spiro atoms. The van der Waals surface area contributed by atoms with Crippen molar-refractivity contribution < 1.29 is 0 Å². The Balaban J connectivity index is 3.80. The average Bonchev–Trinajstić information content (AvgIpc) is 2.33. The Kier molecular flexibility index (Phi) is 8.89. The van der Waals surface area contributed by atoms with Gasteiger partial charge in [-0.15, -0.1) is 0 Å². The van der Waals surface area contributed by atoms with Crippen LogP contribution in [0.2, 0.25) is 0 Å². The van der Waals surface area contributed by atoms with Crippen LogP contribution in [0.3, 0.4) is 0 Å². The van der Waals surface area contributed by atoms with E-state index in [1.54, 1.807) is 0 Å². The van der Waals surface area contributed by atoms with Crippen LogP contribution in [0.5, 0.6) is 0 Å². The summed E-state index contributed by atoms with van der Waals surface area (Å²) in [5.41, 5.74) is 0.346. The summed E-state index contributed by atoms with van der Waals surface area (Å²) in [4.78, 5) is 2.50. The van der Waals surface area contributed by atoms with Crippen LogP contribution in [0.4, 0.5) is 0 Å². The van der Waals surface area contributed by atoms with Crippen molar-refractivity contribution in [1.29, 1.82) is 0 Å². The van der Waals surface area contributed by atoms with Crippen LogP contribution in [-0.4, -0.2) is 36.6 Å². The molecule has 0 aliphatic rings. The molecule has 0 rings (SSSR count). The molecule has 0 aromatic rings. The Morgan fingerprint density at radius 3 is 2.29 bits per heavy atom. The van der Waals surface area contributed by atoms with E-state index in [1.807, 2.05) is 0 Å². The van der Waals surface area contributed by atoms with Gasteiger partial charge in [0.1, 0.15) is 0 Å². The Labute approximate surface area is 109 Å². The highest BCUT2D eigenvalue weighted by atomic mass is 15.2. The summed E-state index contributed by atoms with van der Waals surface area (Å²) in [5.74, 6) is 0. The molecule has 0 bridgehead atoms. The van der Waals surface area contributed by atoms with E-state index in [0.717, 1.165) is 6.54 Å². The zero-order chi connectivity index (χ0) is 13.3. The summed E-state index contributed by atoms with van der Waals surface area (Å²) >= 11 is 0. The lowest BCUT2D eigenvalue weighted by atomic mass is 9.99. The van der Waals surface area contributed by atoms with Gasteiger partial charge in [0, 0.05) is 11.6 Å². The molecule has 0 aromatic carbocycles. The smallest absolute Gasteiger partial charge is 0.0147 e. The molecule has 0 amide bonds. The molecule has 0 saturated carbocycles. The number of hydrogen-bond acceptors (Lipinski definition) is 2. The van der Waals surface area contributed by atoms with Gasteiger partial charge in [0.15, 0.2) is 0 Å². The molecule has 0 fully saturated rings. The predicted octanol–water partition coefficient (Wildman–Crippen LogP) is 3.67. The van der Waals surface area contributed by atoms with Gasteiger partial charge in [0.25, 0.3) is 0 Å². The number of nitrogens with one attached hydrogen (secondary N) is 1. The molecule has 0 saturated heterocycles. The second-order valence-corrected chi connectivity index (χ2v) is 5.79. The van der Waals surface area contributed by atoms with Crippen LogP contribution in [-0.2, 0) is 0 Å². The number of rotatable bonds is 10. The fourth-order valence-electron chi connectivity index (χ4n) is 1.95. The third kappa shape index (κ3) is 7.05. The summed E-state index contributed by atoms with van der Waals surface area (Å²) in [6.45, 7) is 13.8. The van der Waals surface area contributed by atoms with Crippen LogP contribution in [0.25, 0.3) is 0 Å². The first-order valence-corrected chi connectivity index (χ1v) is 7.42. The molecular weight excluding hydrogens is 208 g/mol. The van der Waals surface area contributed by atoms with Gasteiger partial charge in [-0.2, -0.15) is 0 Å². The molecule has 0 aliphatic heterocycles. The summed E-state index contributed by atoms with van der Waals surface area (Å²) in [6, 6.07) is 0.716. The van der Waals surface area contributed by atoms with Crippen LogP contribution in [0.15, 0.2) is 0 Å². The van der Waals surface area contributed by atoms with Crippen molar-refractivity contribution in [3.8, 4) is 0 Å². The van der Waals surface area contributed by atoms with Crippen LogP contribution >= 0.6 is 0 Å². The minimum atomic E-state index is 0.346. The molecule has 1 atom stereocenters. The van der Waals surface area contributed by atoms with Gasteiger partial charge in [-0.1, -0.05) is 20.8 Å². The predicted molar refractivity (Wildman–Crippen MR) is 78.6 cm³/mol. The van der Waals surface area contributed by atoms with Crippen molar-refractivity contribution in [3.05, 3.63) is 0 Å². The maximum absolute atomic E-state index is 3.63. The lowest BCUT2D eigenvalue weighted by molar-refractivity contribution is 0.147. The third-order valence-corrected chi connectivity index (χ3v) is 4.12. The first kappa shape index (κ1) is 16.9. The molecule has 0 aliphatic carbocycles. The van der Waals surface area contributed by atoms with Crippen LogP contribution < -0.4 is 5.32 Å². The van der Waals surface area contributed by atoms with E-state index in [-0.39, 0.29) is 0 Å². The monoisotopic (exact) mass is 242 g/mol. The highest BCUT2D eigenvalue weighted by molar-refractivity contribution is 4.77. The molecule has 104 valence electrons. The molecule has 0 aromatic heterocycles. The molecule has 2 heteroatoms. The normalized spacial score (nSPS) is 14.3. The Hall–Kier alpha value is -0.0800. The van der Waals surface area contributed by atoms with Gasteiger partial charge in [-0.05, 0) is 66.1 Å². The largest absolute Gasteiger partial charge is 0.314 e. The lowest BCUT2D eigenvalue weighted by Gasteiger charge is -2.35. The number of nitrogens with zero attached hydrogens (tertiary/aromatic N) is 1. The maximum atomic E-state index is 3.63. The fraction of sp³-hybridized carbons (Fsp3) is 1.00. The topological polar surface area (TPSA) is 15.3 Å². The van der Waals surface area contributed by atoms with E-state index in [4.69, 9.17) is 0 Å². The fourth-order valence-corrected chi connectivity index (χ4v) is 1.95. The SMILES string of the molecule is CCCNC(CC)CCCN(C)C(C)(C)CC. The van der Waals surface area contributed by atoms with Crippen molar-refractivity contribution >= 4 is 0 Å². The van der Waals surface area contributed by atoms with Crippen molar-refractivity contribution in [1.82, 2.24) is 10.2 Å². The van der Waals surface area contributed by atoms with Gasteiger partial charge in [-0.25, -0.2) is 0 Å². The Morgan fingerprint density at radius 2 is 1.82 bits per heavy atom. The third-order valence-electron chi connectivity index (χ3n) is 4.12. The zero-order valence-corrected chi connectivity index (χ0v) is 13.0. The molecule has 2 nitrogen and oxygen atoms in total. The standard InChI is InChI=1S/C15H34N2/c1-7-12-16-14(8-2)11-10-13-17(6)15(4,5)9-3/h14,16H,7-13H2,1-6H3. The first-order chi connectivity index (χ1) is 7.97. The molecule has 17 heavy (non-hydrogen) atoms. The van der Waals surface area contributed by atoms with Gasteiger partial charge >= 0.3 is 0 Å². The first-order valence-electron chi connectivity index (χ1n) is 7.42. The van der Waals surface area contributed by atoms with Gasteiger partial charge in [0.2, 0.25) is 0 Å². The van der Waals surface area contributed by atoms with Gasteiger partial charge in [-0.3, -0.25) is 0 Å². The van der Waals surface area contributed by atoms with Crippen molar-refractivity contribution in [3.63, 3.8) is 0 Å². The number of hydrogen-bond donors (Lipinski definition) is 1. The Bertz CT molecular complexity index is 178. The summed E-state index contributed by atoms with van der Waals surface area (Å²) in [5, 5.41) is 3.63. The van der Waals surface area contributed by atoms with Gasteiger partial charge in [0.05, 0.1) is 0 Å². The minimum absolute atomic E-state index is 0.346. The van der Waals surface area contributed by atoms with Crippen molar-refractivity contribution in [2.24, 2.45) is 0 Å². The Morgan fingerprint density at radius 1 is 1.18 bits per heavy atom. The maximum Gasteiger partial charge on any atom is 0.0147 e. The van der Waals surface area contributed by atoms with Crippen molar-refractivity contribution in [2.75, 3.05) is 20.1 Å². The van der Waals surface area contributed by atoms with Gasteiger partial charge < -0.3 is 10.2 Å². The minimum Gasteiger partial charge on any atom is -0.314 e. The summed E-state index contributed by atoms with van der Waals surface area (Å²) < 4.78 is 0. The second-order valence-electron chi connectivity index (χ2n) is 5.79. The quantitative estimate of drug-likeness (QED) is 0.629. The molecule has 0 radical (unpaired) electrons. The summed E-state index contributed by atoms with van der Waals surface area (Å²) in [7, 11) is 2.25. The summed E-state index contributed by atoms with van der Waals surface area (Å²) in [6.07, 6.45) is 6.31.